The van der Waals surface area contributed by atoms with Crippen LogP contribution in [0, 0.1) is 17.8 Å². The molecule has 1 heterocycles. The van der Waals surface area contributed by atoms with Crippen LogP contribution in [0.1, 0.15) is 65.5 Å². The van der Waals surface area contributed by atoms with Crippen LogP contribution in [0.3, 0.4) is 0 Å². The number of carbonyl (C=O) groups excluding carboxylic acids is 1. The summed E-state index contributed by atoms with van der Waals surface area (Å²) in [6.07, 6.45) is 2.31. The van der Waals surface area contributed by atoms with Crippen molar-refractivity contribution in [3.63, 3.8) is 0 Å². The van der Waals surface area contributed by atoms with E-state index in [1.54, 1.807) is 26.0 Å². The van der Waals surface area contributed by atoms with Gasteiger partial charge in [-0.25, -0.2) is 4.79 Å². The molecule has 0 bridgehead atoms. The smallest absolute Gasteiger partial charge is 0.340 e. The SMILES string of the molecule is CC(C)[C@@H]1CC[C@@H](C)C[C@@H]1OC(=O)C1OC(C)(C)Oc2c(Cl)cccc21. The molecular formula is C21H29ClO4. The van der Waals surface area contributed by atoms with Gasteiger partial charge in [0.05, 0.1) is 5.02 Å². The fourth-order valence-corrected chi connectivity index (χ4v) is 4.31. The van der Waals surface area contributed by atoms with E-state index in [-0.39, 0.29) is 12.1 Å². The van der Waals surface area contributed by atoms with Crippen molar-refractivity contribution in [2.75, 3.05) is 0 Å². The van der Waals surface area contributed by atoms with Gasteiger partial charge in [0.15, 0.2) is 6.10 Å². The lowest BCUT2D eigenvalue weighted by Crippen LogP contribution is -2.43. The van der Waals surface area contributed by atoms with Gasteiger partial charge >= 0.3 is 5.97 Å². The second-order valence-electron chi connectivity index (χ2n) is 8.46. The second-order valence-corrected chi connectivity index (χ2v) is 8.87. The Morgan fingerprint density at radius 1 is 1.31 bits per heavy atom. The van der Waals surface area contributed by atoms with E-state index in [1.165, 1.54) is 6.42 Å². The second kappa shape index (κ2) is 7.40. The molecule has 5 heteroatoms. The lowest BCUT2D eigenvalue weighted by Gasteiger charge is -2.40. The minimum Gasteiger partial charge on any atom is -0.461 e. The first-order valence-corrected chi connectivity index (χ1v) is 9.91. The molecule has 144 valence electrons. The Morgan fingerprint density at radius 2 is 2.04 bits per heavy atom. The number of fused-ring (bicyclic) bond motifs is 1. The van der Waals surface area contributed by atoms with E-state index in [0.717, 1.165) is 12.8 Å². The average Bonchev–Trinajstić information content (AvgIpc) is 2.54. The third kappa shape index (κ3) is 4.01. The molecule has 1 aliphatic heterocycles. The van der Waals surface area contributed by atoms with Gasteiger partial charge in [0.1, 0.15) is 11.9 Å². The van der Waals surface area contributed by atoms with Crippen LogP contribution in [-0.4, -0.2) is 17.9 Å². The van der Waals surface area contributed by atoms with Crippen molar-refractivity contribution in [1.29, 1.82) is 0 Å². The first kappa shape index (κ1) is 19.5. The number of carbonyl (C=O) groups is 1. The molecule has 2 aliphatic rings. The van der Waals surface area contributed by atoms with Crippen LogP contribution in [0.2, 0.25) is 5.02 Å². The molecule has 1 aromatic carbocycles. The number of halogens is 1. The normalized spacial score (nSPS) is 30.4. The van der Waals surface area contributed by atoms with E-state index in [9.17, 15) is 4.79 Å². The zero-order chi connectivity index (χ0) is 19.1. The predicted octanol–water partition coefficient (Wildman–Crippen LogP) is 5.53. The average molecular weight is 381 g/mol. The van der Waals surface area contributed by atoms with Gasteiger partial charge < -0.3 is 14.2 Å². The highest BCUT2D eigenvalue weighted by atomic mass is 35.5. The summed E-state index contributed by atoms with van der Waals surface area (Å²) in [4.78, 5) is 13.1. The molecule has 4 atom stereocenters. The molecule has 1 saturated carbocycles. The van der Waals surface area contributed by atoms with E-state index in [1.807, 2.05) is 6.07 Å². The fourth-order valence-electron chi connectivity index (χ4n) is 4.09. The number of hydrogen-bond acceptors (Lipinski definition) is 4. The number of benzene rings is 1. The summed E-state index contributed by atoms with van der Waals surface area (Å²) < 4.78 is 17.8. The monoisotopic (exact) mass is 380 g/mol. The number of para-hydroxylation sites is 1. The zero-order valence-corrected chi connectivity index (χ0v) is 17.0. The van der Waals surface area contributed by atoms with Crippen LogP contribution in [0.15, 0.2) is 18.2 Å². The standard InChI is InChI=1S/C21H29ClO4/c1-12(2)14-10-9-13(3)11-17(14)24-20(23)19-15-7-6-8-16(22)18(15)25-21(4,5)26-19/h6-8,12-14,17,19H,9-11H2,1-5H3/t13-,14+,17+,19?/m1/s1. The molecule has 1 aromatic rings. The van der Waals surface area contributed by atoms with Crippen LogP contribution < -0.4 is 4.74 Å². The molecule has 0 amide bonds. The highest BCUT2D eigenvalue weighted by molar-refractivity contribution is 6.32. The van der Waals surface area contributed by atoms with Crippen LogP contribution in [0.4, 0.5) is 0 Å². The summed E-state index contributed by atoms with van der Waals surface area (Å²) in [6.45, 7) is 10.2. The van der Waals surface area contributed by atoms with Crippen LogP contribution >= 0.6 is 11.6 Å². The highest BCUT2D eigenvalue weighted by Crippen LogP contribution is 2.44. The van der Waals surface area contributed by atoms with Crippen molar-refractivity contribution in [1.82, 2.24) is 0 Å². The molecule has 0 radical (unpaired) electrons. The molecule has 0 spiro atoms. The van der Waals surface area contributed by atoms with Crippen molar-refractivity contribution in [2.24, 2.45) is 17.8 Å². The molecule has 1 unspecified atom stereocenters. The minimum absolute atomic E-state index is 0.0663. The third-order valence-electron chi connectivity index (χ3n) is 5.47. The number of ether oxygens (including phenoxy) is 3. The maximum absolute atomic E-state index is 13.1. The molecular weight excluding hydrogens is 352 g/mol. The van der Waals surface area contributed by atoms with E-state index < -0.39 is 11.9 Å². The Bertz CT molecular complexity index is 670. The summed E-state index contributed by atoms with van der Waals surface area (Å²) in [6, 6.07) is 5.36. The van der Waals surface area contributed by atoms with Crippen LogP contribution in [0.25, 0.3) is 0 Å². The van der Waals surface area contributed by atoms with Crippen molar-refractivity contribution in [3.8, 4) is 5.75 Å². The van der Waals surface area contributed by atoms with Crippen molar-refractivity contribution in [2.45, 2.75) is 71.9 Å². The summed E-state index contributed by atoms with van der Waals surface area (Å²) >= 11 is 6.28. The summed E-state index contributed by atoms with van der Waals surface area (Å²) in [5.74, 6) is 0.644. The zero-order valence-electron chi connectivity index (χ0n) is 16.3. The topological polar surface area (TPSA) is 44.8 Å². The van der Waals surface area contributed by atoms with Crippen molar-refractivity contribution < 1.29 is 19.0 Å². The minimum atomic E-state index is -0.945. The molecule has 0 aromatic heterocycles. The molecule has 1 aliphatic carbocycles. The van der Waals surface area contributed by atoms with Gasteiger partial charge in [0.2, 0.25) is 5.79 Å². The quantitative estimate of drug-likeness (QED) is 0.646. The first-order chi connectivity index (χ1) is 12.2. The molecule has 3 rings (SSSR count). The van der Waals surface area contributed by atoms with Gasteiger partial charge in [0, 0.05) is 19.4 Å². The van der Waals surface area contributed by atoms with Crippen molar-refractivity contribution in [3.05, 3.63) is 28.8 Å². The van der Waals surface area contributed by atoms with Gasteiger partial charge in [-0.3, -0.25) is 0 Å². The Morgan fingerprint density at radius 3 is 2.73 bits per heavy atom. The molecule has 0 saturated heterocycles. The summed E-state index contributed by atoms with van der Waals surface area (Å²) in [5.41, 5.74) is 0.631. The van der Waals surface area contributed by atoms with Gasteiger partial charge in [-0.1, -0.05) is 50.9 Å². The van der Waals surface area contributed by atoms with E-state index in [0.29, 0.717) is 34.1 Å². The Hall–Kier alpha value is -1.26. The maximum Gasteiger partial charge on any atom is 0.340 e. The predicted molar refractivity (Wildman–Crippen MR) is 101 cm³/mol. The number of rotatable bonds is 3. The van der Waals surface area contributed by atoms with E-state index in [2.05, 4.69) is 20.8 Å². The lowest BCUT2D eigenvalue weighted by molar-refractivity contribution is -0.224. The fraction of sp³-hybridized carbons (Fsp3) is 0.667. The van der Waals surface area contributed by atoms with Gasteiger partial charge in [-0.15, -0.1) is 0 Å². The van der Waals surface area contributed by atoms with Gasteiger partial charge in [-0.2, -0.15) is 0 Å². The van der Waals surface area contributed by atoms with E-state index >= 15 is 0 Å². The van der Waals surface area contributed by atoms with Gasteiger partial charge in [0.25, 0.3) is 0 Å². The Kier molecular flexibility index (Phi) is 5.55. The largest absolute Gasteiger partial charge is 0.461 e. The number of esters is 1. The first-order valence-electron chi connectivity index (χ1n) is 9.53. The molecule has 1 fully saturated rings. The lowest BCUT2D eigenvalue weighted by atomic mass is 9.75. The van der Waals surface area contributed by atoms with Crippen LogP contribution in [-0.2, 0) is 14.3 Å². The maximum atomic E-state index is 13.1. The van der Waals surface area contributed by atoms with E-state index in [4.69, 9.17) is 25.8 Å². The highest BCUT2D eigenvalue weighted by Gasteiger charge is 2.42. The van der Waals surface area contributed by atoms with Crippen molar-refractivity contribution >= 4 is 17.6 Å². The summed E-state index contributed by atoms with van der Waals surface area (Å²) in [7, 11) is 0. The Labute approximate surface area is 161 Å². The summed E-state index contributed by atoms with van der Waals surface area (Å²) in [5, 5.41) is 0.475. The Balaban J connectivity index is 1.84. The van der Waals surface area contributed by atoms with Crippen LogP contribution in [0.5, 0.6) is 5.75 Å². The molecule has 4 nitrogen and oxygen atoms in total. The van der Waals surface area contributed by atoms with Gasteiger partial charge in [-0.05, 0) is 36.7 Å². The molecule has 0 N–H and O–H groups in total. The molecule has 26 heavy (non-hydrogen) atoms. The third-order valence-corrected chi connectivity index (χ3v) is 5.77. The number of hydrogen-bond donors (Lipinski definition) is 0.